The van der Waals surface area contributed by atoms with Gasteiger partial charge in [-0.3, -0.25) is 10.1 Å². The van der Waals surface area contributed by atoms with Crippen molar-refractivity contribution in [3.05, 3.63) is 18.2 Å². The van der Waals surface area contributed by atoms with Gasteiger partial charge in [-0.2, -0.15) is 0 Å². The molecule has 1 unspecified atom stereocenters. The van der Waals surface area contributed by atoms with Gasteiger partial charge in [0.25, 0.3) is 0 Å². The summed E-state index contributed by atoms with van der Waals surface area (Å²) < 4.78 is 2.06. The van der Waals surface area contributed by atoms with Crippen LogP contribution in [0, 0.1) is 0 Å². The van der Waals surface area contributed by atoms with Crippen molar-refractivity contribution >= 4 is 5.97 Å². The first-order valence-electron chi connectivity index (χ1n) is 6.94. The molecule has 0 spiro atoms. The molecule has 0 aromatic carbocycles. The topological polar surface area (TPSA) is 67.2 Å². The Kier molecular flexibility index (Phi) is 3.94. The molecule has 1 saturated carbocycles. The lowest BCUT2D eigenvalue weighted by atomic mass is 9.97. The number of carboxylic acids is 1. The molecule has 2 N–H and O–H groups in total. The molecule has 1 aromatic rings. The van der Waals surface area contributed by atoms with Gasteiger partial charge in [-0.25, -0.2) is 4.98 Å². The highest BCUT2D eigenvalue weighted by Crippen LogP contribution is 2.25. The zero-order valence-electron chi connectivity index (χ0n) is 11.9. The fourth-order valence-corrected chi connectivity index (χ4v) is 2.27. The maximum atomic E-state index is 11.5. The number of aliphatic carboxylic acids is 1. The van der Waals surface area contributed by atoms with Crippen LogP contribution >= 0.6 is 0 Å². The SMILES string of the molecule is CC(C)c1nccn1CCC(C)(NC1CC1)C(=O)O. The van der Waals surface area contributed by atoms with E-state index in [2.05, 4.69) is 28.7 Å². The summed E-state index contributed by atoms with van der Waals surface area (Å²) in [6, 6.07) is 0.383. The minimum absolute atomic E-state index is 0.350. The fourth-order valence-electron chi connectivity index (χ4n) is 2.27. The van der Waals surface area contributed by atoms with Crippen molar-refractivity contribution < 1.29 is 9.90 Å². The third-order valence-electron chi connectivity index (χ3n) is 3.69. The van der Waals surface area contributed by atoms with E-state index in [1.807, 2.05) is 6.20 Å². The third-order valence-corrected chi connectivity index (χ3v) is 3.69. The molecular formula is C14H23N3O2. The highest BCUT2D eigenvalue weighted by Gasteiger charge is 2.38. The fraction of sp³-hybridized carbons (Fsp3) is 0.714. The van der Waals surface area contributed by atoms with Crippen molar-refractivity contribution in [3.8, 4) is 0 Å². The summed E-state index contributed by atoms with van der Waals surface area (Å²) in [5, 5.41) is 12.7. The van der Waals surface area contributed by atoms with E-state index in [4.69, 9.17) is 0 Å². The number of rotatable bonds is 7. The van der Waals surface area contributed by atoms with E-state index in [0.29, 0.717) is 24.9 Å². The summed E-state index contributed by atoms with van der Waals surface area (Å²) in [5.74, 6) is 0.590. The first-order valence-corrected chi connectivity index (χ1v) is 6.94. The van der Waals surface area contributed by atoms with E-state index < -0.39 is 11.5 Å². The number of hydrogen-bond donors (Lipinski definition) is 2. The summed E-state index contributed by atoms with van der Waals surface area (Å²) in [6.07, 6.45) is 6.45. The average molecular weight is 265 g/mol. The summed E-state index contributed by atoms with van der Waals surface area (Å²) >= 11 is 0. The zero-order chi connectivity index (χ0) is 14.0. The zero-order valence-corrected chi connectivity index (χ0v) is 11.9. The minimum atomic E-state index is -0.848. The highest BCUT2D eigenvalue weighted by atomic mass is 16.4. The van der Waals surface area contributed by atoms with Gasteiger partial charge in [0.05, 0.1) is 0 Å². The molecule has 2 rings (SSSR count). The van der Waals surface area contributed by atoms with Crippen molar-refractivity contribution in [1.29, 1.82) is 0 Å². The number of imidazole rings is 1. The second-order valence-corrected chi connectivity index (χ2v) is 5.94. The Balaban J connectivity index is 2.01. The Hall–Kier alpha value is -1.36. The Bertz CT molecular complexity index is 451. The molecule has 106 valence electrons. The lowest BCUT2D eigenvalue weighted by molar-refractivity contribution is -0.144. The largest absolute Gasteiger partial charge is 0.480 e. The van der Waals surface area contributed by atoms with Gasteiger partial charge < -0.3 is 9.67 Å². The second kappa shape index (κ2) is 5.33. The first-order chi connectivity index (χ1) is 8.92. The number of carbonyl (C=O) groups is 1. The number of nitrogens with zero attached hydrogens (tertiary/aromatic N) is 2. The van der Waals surface area contributed by atoms with Gasteiger partial charge in [0.1, 0.15) is 11.4 Å². The number of aryl methyl sites for hydroxylation is 1. The quantitative estimate of drug-likeness (QED) is 0.791. The van der Waals surface area contributed by atoms with Gasteiger partial charge in [0, 0.05) is 30.9 Å². The van der Waals surface area contributed by atoms with Crippen LogP contribution in [0.3, 0.4) is 0 Å². The number of nitrogens with one attached hydrogen (secondary N) is 1. The van der Waals surface area contributed by atoms with Gasteiger partial charge in [-0.15, -0.1) is 0 Å². The van der Waals surface area contributed by atoms with Crippen LogP contribution in [0.25, 0.3) is 0 Å². The predicted molar refractivity (Wildman–Crippen MR) is 73.1 cm³/mol. The van der Waals surface area contributed by atoms with Crippen LogP contribution < -0.4 is 5.32 Å². The van der Waals surface area contributed by atoms with Crippen LogP contribution in [0.15, 0.2) is 12.4 Å². The molecule has 1 aliphatic carbocycles. The highest BCUT2D eigenvalue weighted by molar-refractivity contribution is 5.78. The normalized spacial score (nSPS) is 18.5. The van der Waals surface area contributed by atoms with Crippen LogP contribution in [0.4, 0.5) is 0 Å². The summed E-state index contributed by atoms with van der Waals surface area (Å²) in [5.41, 5.74) is -0.848. The molecule has 0 saturated heterocycles. The maximum absolute atomic E-state index is 11.5. The molecule has 1 aliphatic rings. The van der Waals surface area contributed by atoms with Crippen molar-refractivity contribution in [3.63, 3.8) is 0 Å². The molecule has 1 aromatic heterocycles. The lowest BCUT2D eigenvalue weighted by Crippen LogP contribution is -2.51. The molecule has 1 atom stereocenters. The summed E-state index contributed by atoms with van der Waals surface area (Å²) in [4.78, 5) is 15.8. The monoisotopic (exact) mass is 265 g/mol. The lowest BCUT2D eigenvalue weighted by Gasteiger charge is -2.27. The molecule has 1 fully saturated rings. The summed E-state index contributed by atoms with van der Waals surface area (Å²) in [6.45, 7) is 6.64. The van der Waals surface area contributed by atoms with Gasteiger partial charge in [0.15, 0.2) is 0 Å². The van der Waals surface area contributed by atoms with Crippen LogP contribution in [-0.4, -0.2) is 32.2 Å². The Morgan fingerprint density at radius 1 is 1.63 bits per heavy atom. The van der Waals surface area contributed by atoms with E-state index in [-0.39, 0.29) is 0 Å². The molecule has 1 heterocycles. The second-order valence-electron chi connectivity index (χ2n) is 5.94. The van der Waals surface area contributed by atoms with Gasteiger partial charge in [0.2, 0.25) is 0 Å². The van der Waals surface area contributed by atoms with E-state index in [0.717, 1.165) is 18.7 Å². The molecule has 5 nitrogen and oxygen atoms in total. The van der Waals surface area contributed by atoms with Crippen molar-refractivity contribution in [2.24, 2.45) is 0 Å². The maximum Gasteiger partial charge on any atom is 0.323 e. The van der Waals surface area contributed by atoms with E-state index in [1.54, 1.807) is 13.1 Å². The first kappa shape index (κ1) is 14.1. The van der Waals surface area contributed by atoms with Crippen LogP contribution in [0.2, 0.25) is 0 Å². The van der Waals surface area contributed by atoms with E-state index >= 15 is 0 Å². The Labute approximate surface area is 114 Å². The number of hydrogen-bond acceptors (Lipinski definition) is 3. The predicted octanol–water partition coefficient (Wildman–Crippen LogP) is 1.99. The average Bonchev–Trinajstić information content (AvgIpc) is 3.00. The molecule has 5 heteroatoms. The van der Waals surface area contributed by atoms with Gasteiger partial charge >= 0.3 is 5.97 Å². The minimum Gasteiger partial charge on any atom is -0.480 e. The molecule has 0 radical (unpaired) electrons. The molecule has 19 heavy (non-hydrogen) atoms. The smallest absolute Gasteiger partial charge is 0.323 e. The molecule has 0 amide bonds. The molecule has 0 aliphatic heterocycles. The number of carboxylic acid groups (broad SMARTS) is 1. The van der Waals surface area contributed by atoms with Crippen molar-refractivity contribution in [2.45, 2.75) is 64.1 Å². The van der Waals surface area contributed by atoms with Crippen molar-refractivity contribution in [1.82, 2.24) is 14.9 Å². The van der Waals surface area contributed by atoms with Crippen LogP contribution in [0.5, 0.6) is 0 Å². The van der Waals surface area contributed by atoms with Crippen LogP contribution in [0.1, 0.15) is 51.8 Å². The van der Waals surface area contributed by atoms with Gasteiger partial charge in [-0.1, -0.05) is 13.8 Å². The molecule has 0 bridgehead atoms. The Morgan fingerprint density at radius 2 is 2.32 bits per heavy atom. The Morgan fingerprint density at radius 3 is 2.84 bits per heavy atom. The third kappa shape index (κ3) is 3.35. The standard InChI is InChI=1S/C14H23N3O2/c1-10(2)12-15-7-9-17(12)8-6-14(3,13(18)19)16-11-4-5-11/h7,9-11,16H,4-6,8H2,1-3H3,(H,18,19). The van der Waals surface area contributed by atoms with Crippen molar-refractivity contribution in [2.75, 3.05) is 0 Å². The number of aromatic nitrogens is 2. The van der Waals surface area contributed by atoms with E-state index in [1.165, 1.54) is 0 Å². The van der Waals surface area contributed by atoms with E-state index in [9.17, 15) is 9.90 Å². The van der Waals surface area contributed by atoms with Crippen LogP contribution in [-0.2, 0) is 11.3 Å². The van der Waals surface area contributed by atoms with Gasteiger partial charge in [-0.05, 0) is 26.2 Å². The molecular weight excluding hydrogens is 242 g/mol. The summed E-state index contributed by atoms with van der Waals surface area (Å²) in [7, 11) is 0.